The van der Waals surface area contributed by atoms with Gasteiger partial charge in [-0.1, -0.05) is 48.5 Å². The summed E-state index contributed by atoms with van der Waals surface area (Å²) < 4.78 is 0. The van der Waals surface area contributed by atoms with Crippen LogP contribution in [0.4, 0.5) is 0 Å². The van der Waals surface area contributed by atoms with Gasteiger partial charge in [0.1, 0.15) is 11.6 Å². The summed E-state index contributed by atoms with van der Waals surface area (Å²) in [6.07, 6.45) is 5.07. The third-order valence-electron chi connectivity index (χ3n) is 7.25. The van der Waals surface area contributed by atoms with E-state index in [2.05, 4.69) is 62.0 Å². The van der Waals surface area contributed by atoms with Crippen LogP contribution in [0.3, 0.4) is 0 Å². The van der Waals surface area contributed by atoms with Crippen molar-refractivity contribution in [3.8, 4) is 33.6 Å². The highest BCUT2D eigenvalue weighted by Crippen LogP contribution is 2.31. The highest BCUT2D eigenvalue weighted by molar-refractivity contribution is 5.72. The molecule has 0 aliphatic carbocycles. The van der Waals surface area contributed by atoms with Gasteiger partial charge in [0.05, 0.1) is 29.7 Å². The molecule has 0 spiro atoms. The zero-order valence-electron chi connectivity index (χ0n) is 20.2. The van der Waals surface area contributed by atoms with Crippen molar-refractivity contribution in [2.24, 2.45) is 0 Å². The molecule has 6 rings (SSSR count). The predicted molar refractivity (Wildman–Crippen MR) is 139 cm³/mol. The molecule has 2 saturated heterocycles. The minimum absolute atomic E-state index is 0.115. The van der Waals surface area contributed by atoms with Gasteiger partial charge >= 0.3 is 0 Å². The van der Waals surface area contributed by atoms with Crippen LogP contribution in [0.2, 0.25) is 0 Å². The van der Waals surface area contributed by atoms with Crippen molar-refractivity contribution in [3.05, 3.63) is 72.1 Å². The number of aromatic nitrogens is 4. The van der Waals surface area contributed by atoms with Gasteiger partial charge in [-0.25, -0.2) is 9.97 Å². The predicted octanol–water partition coefficient (Wildman–Crippen LogP) is 3.84. The normalized spacial score (nSPS) is 20.0. The van der Waals surface area contributed by atoms with Gasteiger partial charge < -0.3 is 30.8 Å². The summed E-state index contributed by atoms with van der Waals surface area (Å²) >= 11 is 0. The number of nitrogens with zero attached hydrogens (tertiary/aromatic N) is 2. The molecule has 6 N–H and O–H groups in total. The van der Waals surface area contributed by atoms with Crippen molar-refractivity contribution >= 4 is 0 Å². The van der Waals surface area contributed by atoms with Crippen molar-refractivity contribution in [3.63, 3.8) is 0 Å². The third kappa shape index (κ3) is 4.73. The zero-order valence-corrected chi connectivity index (χ0v) is 20.2. The van der Waals surface area contributed by atoms with Crippen LogP contribution in [0.15, 0.2) is 54.7 Å². The fraction of sp³-hybridized carbons (Fsp3) is 0.357. The topological polar surface area (TPSA) is 122 Å². The van der Waals surface area contributed by atoms with Crippen molar-refractivity contribution in [1.82, 2.24) is 30.6 Å². The number of H-pyrrole nitrogens is 2. The molecule has 2 atom stereocenters. The zero-order chi connectivity index (χ0) is 24.5. The second-order valence-corrected chi connectivity index (χ2v) is 9.77. The Balaban J connectivity index is 1.21. The molecule has 2 aliphatic rings. The van der Waals surface area contributed by atoms with Gasteiger partial charge in [0.2, 0.25) is 0 Å². The first kappa shape index (κ1) is 23.1. The van der Waals surface area contributed by atoms with E-state index >= 15 is 0 Å². The Morgan fingerprint density at radius 1 is 0.750 bits per heavy atom. The molecule has 0 radical (unpaired) electrons. The Labute approximate surface area is 210 Å². The number of hydrogen-bond donors (Lipinski definition) is 6. The van der Waals surface area contributed by atoms with Crippen LogP contribution in [0.1, 0.15) is 55.1 Å². The molecule has 2 aromatic heterocycles. The van der Waals surface area contributed by atoms with Gasteiger partial charge in [0.25, 0.3) is 0 Å². The maximum atomic E-state index is 9.59. The maximum absolute atomic E-state index is 9.59. The molecular formula is C28H32N6O2. The first-order valence-electron chi connectivity index (χ1n) is 12.8. The van der Waals surface area contributed by atoms with E-state index in [0.29, 0.717) is 6.04 Å². The molecular weight excluding hydrogens is 452 g/mol. The number of aliphatic hydroxyl groups excluding tert-OH is 1. The number of benzene rings is 2. The SMILES string of the molecule is OC(O)Cc1[nH]c([C@@H]2CCCN2)nc1-c1ccc(-c2ccc(-c3cnc([C@@H]4CCCN4)[nH]3)cc2)cc1. The molecule has 36 heavy (non-hydrogen) atoms. The number of hydrogen-bond acceptors (Lipinski definition) is 6. The molecule has 8 nitrogen and oxygen atoms in total. The molecule has 2 aromatic carbocycles. The average molecular weight is 485 g/mol. The fourth-order valence-corrected chi connectivity index (χ4v) is 5.32. The number of aromatic amines is 2. The molecule has 2 aliphatic heterocycles. The van der Waals surface area contributed by atoms with Crippen LogP contribution >= 0.6 is 0 Å². The number of rotatable bonds is 7. The Morgan fingerprint density at radius 3 is 1.92 bits per heavy atom. The third-order valence-corrected chi connectivity index (χ3v) is 7.25. The summed E-state index contributed by atoms with van der Waals surface area (Å²) in [5.41, 5.74) is 6.87. The molecule has 0 saturated carbocycles. The molecule has 0 bridgehead atoms. The second kappa shape index (κ2) is 9.99. The van der Waals surface area contributed by atoms with E-state index in [4.69, 9.17) is 4.98 Å². The lowest BCUT2D eigenvalue weighted by molar-refractivity contribution is -0.0386. The van der Waals surface area contributed by atoms with Crippen molar-refractivity contribution in [1.29, 1.82) is 0 Å². The van der Waals surface area contributed by atoms with Gasteiger partial charge in [0.15, 0.2) is 6.29 Å². The number of imidazole rings is 2. The van der Waals surface area contributed by atoms with Gasteiger partial charge in [-0.2, -0.15) is 0 Å². The number of aliphatic hydroxyl groups is 2. The lowest BCUT2D eigenvalue weighted by atomic mass is 10.0. The molecule has 0 unspecified atom stereocenters. The Bertz CT molecular complexity index is 1300. The Kier molecular flexibility index (Phi) is 6.41. The van der Waals surface area contributed by atoms with Crippen molar-refractivity contribution < 1.29 is 10.2 Å². The van der Waals surface area contributed by atoms with E-state index in [0.717, 1.165) is 83.3 Å². The number of nitrogens with one attached hydrogen (secondary N) is 4. The first-order chi connectivity index (χ1) is 17.6. The quantitative estimate of drug-likeness (QED) is 0.222. The van der Waals surface area contributed by atoms with E-state index in [1.54, 1.807) is 0 Å². The minimum atomic E-state index is -1.42. The van der Waals surface area contributed by atoms with E-state index in [9.17, 15) is 10.2 Å². The van der Waals surface area contributed by atoms with Crippen molar-refractivity contribution in [2.75, 3.05) is 13.1 Å². The highest BCUT2D eigenvalue weighted by atomic mass is 16.5. The average Bonchev–Trinajstić information content (AvgIpc) is 3.70. The summed E-state index contributed by atoms with van der Waals surface area (Å²) in [5, 5.41) is 26.1. The van der Waals surface area contributed by atoms with Gasteiger partial charge in [0, 0.05) is 17.7 Å². The van der Waals surface area contributed by atoms with E-state index in [1.165, 1.54) is 6.42 Å². The molecule has 4 aromatic rings. The minimum Gasteiger partial charge on any atom is -0.368 e. The molecule has 186 valence electrons. The Morgan fingerprint density at radius 2 is 1.33 bits per heavy atom. The van der Waals surface area contributed by atoms with E-state index in [-0.39, 0.29) is 12.5 Å². The molecule has 0 amide bonds. The first-order valence-corrected chi connectivity index (χ1v) is 12.8. The molecule has 8 heteroatoms. The van der Waals surface area contributed by atoms with Gasteiger partial charge in [-0.05, 0) is 55.5 Å². The lowest BCUT2D eigenvalue weighted by Gasteiger charge is -2.07. The molecule has 4 heterocycles. The van der Waals surface area contributed by atoms with Crippen LogP contribution in [-0.4, -0.2) is 49.5 Å². The standard InChI is InChI=1S/C28H32N6O2/c35-25(36)15-23-26(34-28(32-23)22-4-2-14-30-22)20-11-7-18(8-12-20)17-5-9-19(10-6-17)24-16-31-27(33-24)21-3-1-13-29-21/h5-12,16,21-22,25,29-30,35-36H,1-4,13-15H2,(H,31,33)(H,32,34)/t21-,22-/m0/s1. The second-order valence-electron chi connectivity index (χ2n) is 9.77. The largest absolute Gasteiger partial charge is 0.368 e. The molecule has 2 fully saturated rings. The van der Waals surface area contributed by atoms with Crippen LogP contribution in [0, 0.1) is 0 Å². The summed E-state index contributed by atoms with van der Waals surface area (Å²) in [6, 6.07) is 17.3. The lowest BCUT2D eigenvalue weighted by Crippen LogP contribution is -2.14. The van der Waals surface area contributed by atoms with Gasteiger partial charge in [-0.3, -0.25) is 0 Å². The van der Waals surface area contributed by atoms with Gasteiger partial charge in [-0.15, -0.1) is 0 Å². The van der Waals surface area contributed by atoms with Crippen LogP contribution < -0.4 is 10.6 Å². The smallest absolute Gasteiger partial charge is 0.157 e. The highest BCUT2D eigenvalue weighted by Gasteiger charge is 2.23. The van der Waals surface area contributed by atoms with E-state index < -0.39 is 6.29 Å². The maximum Gasteiger partial charge on any atom is 0.157 e. The van der Waals surface area contributed by atoms with Crippen LogP contribution in [0.5, 0.6) is 0 Å². The Hall–Kier alpha value is -3.30. The fourth-order valence-electron chi connectivity index (χ4n) is 5.32. The summed E-state index contributed by atoms with van der Waals surface area (Å²) in [6.45, 7) is 2.03. The van der Waals surface area contributed by atoms with E-state index in [1.807, 2.05) is 18.3 Å². The monoisotopic (exact) mass is 484 g/mol. The van der Waals surface area contributed by atoms with Crippen LogP contribution in [0.25, 0.3) is 33.6 Å². The van der Waals surface area contributed by atoms with Crippen LogP contribution in [-0.2, 0) is 6.42 Å². The summed E-state index contributed by atoms with van der Waals surface area (Å²) in [4.78, 5) is 16.2. The summed E-state index contributed by atoms with van der Waals surface area (Å²) in [7, 11) is 0. The van der Waals surface area contributed by atoms with Crippen molar-refractivity contribution in [2.45, 2.75) is 50.5 Å². The summed E-state index contributed by atoms with van der Waals surface area (Å²) in [5.74, 6) is 1.88.